The van der Waals surface area contributed by atoms with E-state index in [1.165, 1.54) is 0 Å². The summed E-state index contributed by atoms with van der Waals surface area (Å²) in [6.45, 7) is 5.96. The van der Waals surface area contributed by atoms with Crippen molar-refractivity contribution in [3.63, 3.8) is 0 Å². The molecule has 0 spiro atoms. The van der Waals surface area contributed by atoms with Gasteiger partial charge in [-0.3, -0.25) is 10.3 Å². The SMILES string of the molecule is CC(C)OCCS(=O)(=O)NC1CCN(CC(=N)N)CC1. The van der Waals surface area contributed by atoms with Crippen molar-refractivity contribution < 1.29 is 13.2 Å². The Hall–Kier alpha value is -0.700. The first kappa shape index (κ1) is 17.4. The van der Waals surface area contributed by atoms with Crippen LogP contribution in [0, 0.1) is 5.41 Å². The van der Waals surface area contributed by atoms with Gasteiger partial charge in [-0.1, -0.05) is 0 Å². The molecule has 0 aromatic carbocycles. The van der Waals surface area contributed by atoms with Crippen LogP contribution in [0.1, 0.15) is 26.7 Å². The quantitative estimate of drug-likeness (QED) is 0.422. The third-order valence-corrected chi connectivity index (χ3v) is 4.53. The summed E-state index contributed by atoms with van der Waals surface area (Å²) >= 11 is 0. The Morgan fingerprint density at radius 1 is 1.45 bits per heavy atom. The van der Waals surface area contributed by atoms with Crippen molar-refractivity contribution in [3.8, 4) is 0 Å². The van der Waals surface area contributed by atoms with Gasteiger partial charge in [0, 0.05) is 19.1 Å². The first-order chi connectivity index (χ1) is 9.28. The van der Waals surface area contributed by atoms with Gasteiger partial charge in [0.05, 0.1) is 25.0 Å². The Kier molecular flexibility index (Phi) is 6.87. The van der Waals surface area contributed by atoms with Gasteiger partial charge in [-0.15, -0.1) is 0 Å². The first-order valence-electron chi connectivity index (χ1n) is 6.95. The zero-order valence-corrected chi connectivity index (χ0v) is 13.1. The van der Waals surface area contributed by atoms with E-state index in [1.807, 2.05) is 13.8 Å². The molecule has 1 rings (SSSR count). The Bertz CT molecular complexity index is 403. The molecule has 0 atom stereocenters. The van der Waals surface area contributed by atoms with E-state index >= 15 is 0 Å². The molecule has 1 aliphatic heterocycles. The zero-order valence-electron chi connectivity index (χ0n) is 12.3. The molecule has 1 saturated heterocycles. The van der Waals surface area contributed by atoms with Crippen LogP contribution in [0.15, 0.2) is 0 Å². The summed E-state index contributed by atoms with van der Waals surface area (Å²) in [7, 11) is -3.28. The molecule has 1 aliphatic rings. The molecule has 0 bridgehead atoms. The van der Waals surface area contributed by atoms with Gasteiger partial charge in [0.15, 0.2) is 0 Å². The summed E-state index contributed by atoms with van der Waals surface area (Å²) in [5.41, 5.74) is 5.36. The van der Waals surface area contributed by atoms with Gasteiger partial charge >= 0.3 is 0 Å². The van der Waals surface area contributed by atoms with E-state index in [-0.39, 0.29) is 30.3 Å². The van der Waals surface area contributed by atoms with Gasteiger partial charge in [0.1, 0.15) is 5.84 Å². The van der Waals surface area contributed by atoms with Gasteiger partial charge in [-0.05, 0) is 26.7 Å². The summed E-state index contributed by atoms with van der Waals surface area (Å²) in [5, 5.41) is 7.25. The number of rotatable bonds is 8. The number of amidine groups is 1. The van der Waals surface area contributed by atoms with Crippen molar-refractivity contribution in [3.05, 3.63) is 0 Å². The molecular formula is C12H26N4O3S. The largest absolute Gasteiger partial charge is 0.387 e. The van der Waals surface area contributed by atoms with Crippen LogP contribution in [0.5, 0.6) is 0 Å². The third-order valence-electron chi connectivity index (χ3n) is 3.13. The number of nitrogens with one attached hydrogen (secondary N) is 2. The van der Waals surface area contributed by atoms with Crippen molar-refractivity contribution in [1.82, 2.24) is 9.62 Å². The van der Waals surface area contributed by atoms with E-state index in [0.29, 0.717) is 6.54 Å². The van der Waals surface area contributed by atoms with Crippen LogP contribution in [0.3, 0.4) is 0 Å². The first-order valence-corrected chi connectivity index (χ1v) is 8.60. The summed E-state index contributed by atoms with van der Waals surface area (Å²) in [6.07, 6.45) is 1.54. The highest BCUT2D eigenvalue weighted by Crippen LogP contribution is 2.11. The fourth-order valence-corrected chi connectivity index (χ4v) is 3.33. The number of piperidine rings is 1. The van der Waals surface area contributed by atoms with Crippen molar-refractivity contribution in [1.29, 1.82) is 5.41 Å². The number of hydrogen-bond donors (Lipinski definition) is 3. The number of nitrogens with two attached hydrogens (primary N) is 1. The van der Waals surface area contributed by atoms with E-state index in [0.717, 1.165) is 25.9 Å². The van der Waals surface area contributed by atoms with E-state index in [2.05, 4.69) is 9.62 Å². The van der Waals surface area contributed by atoms with Crippen LogP contribution in [0.2, 0.25) is 0 Å². The number of sulfonamides is 1. The Labute approximate surface area is 121 Å². The third kappa shape index (κ3) is 7.18. The zero-order chi connectivity index (χ0) is 15.2. The molecule has 7 nitrogen and oxygen atoms in total. The molecule has 4 N–H and O–H groups in total. The average molecular weight is 306 g/mol. The molecule has 0 radical (unpaired) electrons. The van der Waals surface area contributed by atoms with Crippen LogP contribution in [-0.4, -0.2) is 63.3 Å². The minimum atomic E-state index is -3.28. The monoisotopic (exact) mass is 306 g/mol. The maximum Gasteiger partial charge on any atom is 0.214 e. The highest BCUT2D eigenvalue weighted by molar-refractivity contribution is 7.89. The van der Waals surface area contributed by atoms with Crippen LogP contribution >= 0.6 is 0 Å². The topological polar surface area (TPSA) is 109 Å². The Balaban J connectivity index is 2.29. The second-order valence-corrected chi connectivity index (χ2v) is 7.31. The van der Waals surface area contributed by atoms with E-state index in [9.17, 15) is 8.42 Å². The Morgan fingerprint density at radius 2 is 2.05 bits per heavy atom. The molecule has 0 saturated carbocycles. The van der Waals surface area contributed by atoms with Crippen molar-refractivity contribution >= 4 is 15.9 Å². The van der Waals surface area contributed by atoms with Crippen molar-refractivity contribution in [2.45, 2.75) is 38.8 Å². The molecule has 8 heteroatoms. The molecule has 0 amide bonds. The number of ether oxygens (including phenoxy) is 1. The van der Waals surface area contributed by atoms with Crippen LogP contribution < -0.4 is 10.5 Å². The maximum absolute atomic E-state index is 11.9. The van der Waals surface area contributed by atoms with Gasteiger partial charge in [-0.25, -0.2) is 13.1 Å². The summed E-state index contributed by atoms with van der Waals surface area (Å²) in [5.74, 6) is 0.147. The fraction of sp³-hybridized carbons (Fsp3) is 0.917. The van der Waals surface area contributed by atoms with E-state index < -0.39 is 10.0 Å². The molecule has 0 aromatic rings. The lowest BCUT2D eigenvalue weighted by Gasteiger charge is -2.31. The molecular weight excluding hydrogens is 280 g/mol. The van der Waals surface area contributed by atoms with Crippen LogP contribution in [0.4, 0.5) is 0 Å². The predicted molar refractivity (Wildman–Crippen MR) is 79.4 cm³/mol. The summed E-state index contributed by atoms with van der Waals surface area (Å²) in [6, 6.07) is -0.0257. The average Bonchev–Trinajstić information content (AvgIpc) is 2.29. The summed E-state index contributed by atoms with van der Waals surface area (Å²) in [4.78, 5) is 2.06. The Morgan fingerprint density at radius 3 is 2.55 bits per heavy atom. The minimum absolute atomic E-state index is 0.00115. The molecule has 118 valence electrons. The second-order valence-electron chi connectivity index (χ2n) is 5.43. The molecule has 0 aromatic heterocycles. The van der Waals surface area contributed by atoms with Crippen molar-refractivity contribution in [2.75, 3.05) is 32.0 Å². The molecule has 0 aliphatic carbocycles. The maximum atomic E-state index is 11.9. The van der Waals surface area contributed by atoms with Crippen molar-refractivity contribution in [2.24, 2.45) is 5.73 Å². The lowest BCUT2D eigenvalue weighted by atomic mass is 10.1. The van der Waals surface area contributed by atoms with Gasteiger partial charge < -0.3 is 10.5 Å². The molecule has 0 unspecified atom stereocenters. The second kappa shape index (κ2) is 7.92. The standard InChI is InChI=1S/C12H26N4O3S/c1-10(2)19-7-8-20(17,18)15-11-3-5-16(6-4-11)9-12(13)14/h10-11,15H,3-9H2,1-2H3,(H3,13,14). The number of likely N-dealkylation sites (tertiary alicyclic amines) is 1. The van der Waals surface area contributed by atoms with E-state index in [1.54, 1.807) is 0 Å². The lowest BCUT2D eigenvalue weighted by Crippen LogP contribution is -2.47. The highest BCUT2D eigenvalue weighted by atomic mass is 32.2. The summed E-state index contributed by atoms with van der Waals surface area (Å²) < 4.78 is 31.7. The van der Waals surface area contributed by atoms with Crippen LogP contribution in [0.25, 0.3) is 0 Å². The lowest BCUT2D eigenvalue weighted by molar-refractivity contribution is 0.0910. The van der Waals surface area contributed by atoms with Gasteiger partial charge in [-0.2, -0.15) is 0 Å². The fourth-order valence-electron chi connectivity index (χ4n) is 2.16. The molecule has 1 fully saturated rings. The molecule has 1 heterocycles. The van der Waals surface area contributed by atoms with Gasteiger partial charge in [0.2, 0.25) is 10.0 Å². The van der Waals surface area contributed by atoms with Gasteiger partial charge in [0.25, 0.3) is 0 Å². The highest BCUT2D eigenvalue weighted by Gasteiger charge is 2.23. The normalized spacial score (nSPS) is 18.6. The number of nitrogens with zero attached hydrogens (tertiary/aromatic N) is 1. The van der Waals surface area contributed by atoms with E-state index in [4.69, 9.17) is 15.9 Å². The smallest absolute Gasteiger partial charge is 0.214 e. The van der Waals surface area contributed by atoms with Crippen LogP contribution in [-0.2, 0) is 14.8 Å². The minimum Gasteiger partial charge on any atom is -0.387 e. The number of hydrogen-bond acceptors (Lipinski definition) is 5. The predicted octanol–water partition coefficient (Wildman–Crippen LogP) is -0.269. The molecule has 20 heavy (non-hydrogen) atoms.